The maximum atomic E-state index is 12.9. The van der Waals surface area contributed by atoms with Gasteiger partial charge in [0.25, 0.3) is 0 Å². The van der Waals surface area contributed by atoms with Crippen molar-refractivity contribution in [3.63, 3.8) is 0 Å². The topological polar surface area (TPSA) is 55.4 Å². The highest BCUT2D eigenvalue weighted by atomic mass is 19.4. The Morgan fingerprint density at radius 1 is 1.12 bits per heavy atom. The number of carbonyl (C=O) groups excluding carboxylic acids is 1. The van der Waals surface area contributed by atoms with Crippen LogP contribution in [0.15, 0.2) is 42.5 Å². The zero-order valence-corrected chi connectivity index (χ0v) is 18.9. The Labute approximate surface area is 187 Å². The van der Waals surface area contributed by atoms with Gasteiger partial charge in [0.15, 0.2) is 0 Å². The first-order valence-electron chi connectivity index (χ1n) is 10.8. The first-order chi connectivity index (χ1) is 14.8. The van der Waals surface area contributed by atoms with Crippen LogP contribution >= 0.6 is 0 Å². The number of carbonyl (C=O) groups is 1. The molecule has 174 valence electrons. The summed E-state index contributed by atoms with van der Waals surface area (Å²) in [5.74, 6) is 0. The molecule has 3 rings (SSSR count). The van der Waals surface area contributed by atoms with Crippen molar-refractivity contribution in [1.82, 2.24) is 4.90 Å². The van der Waals surface area contributed by atoms with E-state index in [9.17, 15) is 23.1 Å². The van der Waals surface area contributed by atoms with E-state index in [1.807, 2.05) is 45.9 Å². The van der Waals surface area contributed by atoms with E-state index in [-0.39, 0.29) is 17.5 Å². The molecule has 2 aromatic rings. The van der Waals surface area contributed by atoms with Crippen LogP contribution in [0.5, 0.6) is 0 Å². The predicted octanol–water partition coefficient (Wildman–Crippen LogP) is 5.24. The normalized spacial score (nSPS) is 19.7. The first kappa shape index (κ1) is 24.0. The van der Waals surface area contributed by atoms with Crippen LogP contribution < -0.4 is 10.4 Å². The second-order valence-electron chi connectivity index (χ2n) is 9.74. The molecule has 7 heteroatoms. The van der Waals surface area contributed by atoms with Crippen LogP contribution in [0, 0.1) is 12.3 Å². The van der Waals surface area contributed by atoms with Gasteiger partial charge in [0.05, 0.1) is 5.56 Å². The minimum Gasteiger partial charge on any atom is -0.530 e. The van der Waals surface area contributed by atoms with Crippen molar-refractivity contribution >= 4 is 11.8 Å². The fourth-order valence-electron chi connectivity index (χ4n) is 4.40. The number of hydrogen-bond acceptors (Lipinski definition) is 3. The Hall–Kier alpha value is -2.70. The third-order valence-electron chi connectivity index (χ3n) is 6.13. The lowest BCUT2D eigenvalue weighted by atomic mass is 9.79. The minimum absolute atomic E-state index is 0.0869. The molecule has 0 spiro atoms. The lowest BCUT2D eigenvalue weighted by Gasteiger charge is -2.47. The summed E-state index contributed by atoms with van der Waals surface area (Å²) >= 11 is 0. The van der Waals surface area contributed by atoms with Gasteiger partial charge < -0.3 is 20.1 Å². The van der Waals surface area contributed by atoms with Crippen molar-refractivity contribution in [2.45, 2.75) is 65.2 Å². The Bertz CT molecular complexity index is 949. The van der Waals surface area contributed by atoms with Crippen molar-refractivity contribution in [1.29, 1.82) is 0 Å². The summed E-state index contributed by atoms with van der Waals surface area (Å²) in [6.45, 7) is 8.46. The number of amides is 1. The molecule has 1 aliphatic heterocycles. The van der Waals surface area contributed by atoms with Gasteiger partial charge in [0, 0.05) is 24.3 Å². The number of piperidine rings is 1. The molecule has 4 nitrogen and oxygen atoms in total. The summed E-state index contributed by atoms with van der Waals surface area (Å²) in [5, 5.41) is 15.2. The van der Waals surface area contributed by atoms with E-state index >= 15 is 0 Å². The second kappa shape index (κ2) is 9.04. The predicted molar refractivity (Wildman–Crippen MR) is 117 cm³/mol. The number of hydrogen-bond donors (Lipinski definition) is 1. The van der Waals surface area contributed by atoms with Crippen LogP contribution in [-0.4, -0.2) is 29.6 Å². The van der Waals surface area contributed by atoms with Gasteiger partial charge in [-0.2, -0.15) is 13.2 Å². The van der Waals surface area contributed by atoms with Gasteiger partial charge in [-0.25, -0.2) is 0 Å². The molecule has 1 aliphatic rings. The van der Waals surface area contributed by atoms with Gasteiger partial charge >= 0.3 is 6.18 Å². The summed E-state index contributed by atoms with van der Waals surface area (Å²) in [4.78, 5) is 13.0. The molecule has 2 aromatic carbocycles. The molecule has 2 atom stereocenters. The SMILES string of the molecule is Cc1ccc(NC2CCN(C(=O)[O-])C(C(C)(C)C)C2)c(Cc2ccc(C(F)(F)F)cc2)c1. The molecule has 1 saturated heterocycles. The molecule has 0 bridgehead atoms. The van der Waals surface area contributed by atoms with Gasteiger partial charge in [-0.3, -0.25) is 0 Å². The average Bonchev–Trinajstić information content (AvgIpc) is 2.69. The third-order valence-corrected chi connectivity index (χ3v) is 6.13. The van der Waals surface area contributed by atoms with E-state index in [0.717, 1.165) is 34.5 Å². The molecular weight excluding hydrogens is 417 g/mol. The summed E-state index contributed by atoms with van der Waals surface area (Å²) in [7, 11) is 0. The van der Waals surface area contributed by atoms with Crippen molar-refractivity contribution in [2.24, 2.45) is 5.41 Å². The van der Waals surface area contributed by atoms with Gasteiger partial charge in [-0.15, -0.1) is 0 Å². The molecule has 2 unspecified atom stereocenters. The first-order valence-corrected chi connectivity index (χ1v) is 10.8. The quantitative estimate of drug-likeness (QED) is 0.698. The molecule has 0 saturated carbocycles. The van der Waals surface area contributed by atoms with E-state index in [0.29, 0.717) is 25.8 Å². The number of aryl methyl sites for hydroxylation is 1. The Balaban J connectivity index is 1.79. The molecular formula is C25H30F3N2O2-. The molecule has 0 aromatic heterocycles. The lowest BCUT2D eigenvalue weighted by Crippen LogP contribution is -2.57. The number of benzene rings is 2. The number of carboxylic acid groups (broad SMARTS) is 1. The van der Waals surface area contributed by atoms with E-state index in [4.69, 9.17) is 0 Å². The molecule has 0 aliphatic carbocycles. The highest BCUT2D eigenvalue weighted by molar-refractivity contribution is 5.63. The summed E-state index contributed by atoms with van der Waals surface area (Å²) in [5.41, 5.74) is 2.91. The fourth-order valence-corrected chi connectivity index (χ4v) is 4.40. The zero-order chi connectivity index (χ0) is 23.7. The molecule has 1 N–H and O–H groups in total. The van der Waals surface area contributed by atoms with Crippen LogP contribution in [-0.2, 0) is 12.6 Å². The zero-order valence-electron chi connectivity index (χ0n) is 18.9. The number of halogens is 3. The summed E-state index contributed by atoms with van der Waals surface area (Å²) < 4.78 is 38.6. The van der Waals surface area contributed by atoms with Crippen molar-refractivity contribution in [3.8, 4) is 0 Å². The lowest BCUT2D eigenvalue weighted by molar-refractivity contribution is -0.271. The maximum absolute atomic E-state index is 12.9. The molecule has 1 fully saturated rings. The van der Waals surface area contributed by atoms with E-state index in [1.165, 1.54) is 17.0 Å². The number of rotatable bonds is 4. The van der Waals surface area contributed by atoms with Crippen molar-refractivity contribution in [2.75, 3.05) is 11.9 Å². The second-order valence-corrected chi connectivity index (χ2v) is 9.74. The van der Waals surface area contributed by atoms with Crippen LogP contribution in [0.4, 0.5) is 23.7 Å². The maximum Gasteiger partial charge on any atom is 0.416 e. The molecule has 0 radical (unpaired) electrons. The van der Waals surface area contributed by atoms with Crippen LogP contribution in [0.2, 0.25) is 0 Å². The number of alkyl halides is 3. The smallest absolute Gasteiger partial charge is 0.416 e. The van der Waals surface area contributed by atoms with Gasteiger partial charge in [-0.1, -0.05) is 50.6 Å². The van der Waals surface area contributed by atoms with Gasteiger partial charge in [0.2, 0.25) is 0 Å². The van der Waals surface area contributed by atoms with Gasteiger partial charge in [-0.05, 0) is 60.9 Å². The fraction of sp³-hybridized carbons (Fsp3) is 0.480. The monoisotopic (exact) mass is 447 g/mol. The standard InChI is InChI=1S/C25H31F3N2O2/c1-16-5-10-21(18(13-16)14-17-6-8-19(9-7-17)25(26,27)28)29-20-11-12-30(23(31)32)22(15-20)24(2,3)4/h5-10,13,20,22,29H,11-12,14-15H2,1-4H3,(H,31,32)/p-1. The average molecular weight is 448 g/mol. The third kappa shape index (κ3) is 5.75. The Morgan fingerprint density at radius 2 is 1.78 bits per heavy atom. The highest BCUT2D eigenvalue weighted by Gasteiger charge is 2.36. The van der Waals surface area contributed by atoms with Crippen molar-refractivity contribution in [3.05, 3.63) is 64.7 Å². The Kier molecular flexibility index (Phi) is 6.77. The molecule has 32 heavy (non-hydrogen) atoms. The van der Waals surface area contributed by atoms with E-state index < -0.39 is 17.8 Å². The Morgan fingerprint density at radius 3 is 2.34 bits per heavy atom. The van der Waals surface area contributed by atoms with E-state index in [2.05, 4.69) is 5.32 Å². The van der Waals surface area contributed by atoms with Gasteiger partial charge in [0.1, 0.15) is 6.09 Å². The number of anilines is 1. The number of nitrogens with zero attached hydrogens (tertiary/aromatic N) is 1. The molecule has 1 amide bonds. The van der Waals surface area contributed by atoms with Crippen LogP contribution in [0.25, 0.3) is 0 Å². The highest BCUT2D eigenvalue weighted by Crippen LogP contribution is 2.34. The van der Waals surface area contributed by atoms with Crippen LogP contribution in [0.1, 0.15) is 55.9 Å². The van der Waals surface area contributed by atoms with Crippen molar-refractivity contribution < 1.29 is 23.1 Å². The van der Waals surface area contributed by atoms with E-state index in [1.54, 1.807) is 0 Å². The molecule has 1 heterocycles. The number of likely N-dealkylation sites (tertiary alicyclic amines) is 1. The number of nitrogens with one attached hydrogen (secondary N) is 1. The summed E-state index contributed by atoms with van der Waals surface area (Å²) in [6, 6.07) is 11.2. The summed E-state index contributed by atoms with van der Waals surface area (Å²) in [6.07, 6.45) is -3.66. The largest absolute Gasteiger partial charge is 0.530 e. The minimum atomic E-state index is -4.35. The van der Waals surface area contributed by atoms with Crippen LogP contribution in [0.3, 0.4) is 0 Å².